The Bertz CT molecular complexity index is 388. The number of unbranched alkanes of at least 4 members (excludes halogenated alkanes) is 1. The summed E-state index contributed by atoms with van der Waals surface area (Å²) in [7, 11) is 3.08. The van der Waals surface area contributed by atoms with E-state index < -0.39 is 11.7 Å². The zero-order valence-electron chi connectivity index (χ0n) is 10.8. The van der Waals surface area contributed by atoms with Crippen LogP contribution in [0.25, 0.3) is 0 Å². The van der Waals surface area contributed by atoms with Gasteiger partial charge in [-0.15, -0.1) is 0 Å². The number of rotatable bonds is 5. The highest BCUT2D eigenvalue weighted by Gasteiger charge is 2.68. The smallest absolute Gasteiger partial charge is 0.190 e. The number of halogens is 2. The fourth-order valence-corrected chi connectivity index (χ4v) is 4.07. The first kappa shape index (κ1) is 14.3. The third kappa shape index (κ3) is 1.68. The van der Waals surface area contributed by atoms with Gasteiger partial charge in [-0.2, -0.15) is 0 Å². The summed E-state index contributed by atoms with van der Waals surface area (Å²) in [5, 5.41) is 0.925. The minimum Gasteiger partial charge on any atom is -0.351 e. The molecule has 2 bridgehead atoms. The van der Waals surface area contributed by atoms with Crippen LogP contribution >= 0.6 is 23.2 Å². The lowest BCUT2D eigenvalue weighted by Gasteiger charge is -2.31. The van der Waals surface area contributed by atoms with Gasteiger partial charge in [-0.25, -0.2) is 0 Å². The topological polar surface area (TPSA) is 35.5 Å². The van der Waals surface area contributed by atoms with Crippen LogP contribution in [0.2, 0.25) is 0 Å². The Hall–Kier alpha value is -0.0900. The average molecular weight is 293 g/mol. The summed E-state index contributed by atoms with van der Waals surface area (Å²) in [6, 6.07) is 0. The average Bonchev–Trinajstić information content (AvgIpc) is 2.74. The third-order valence-electron chi connectivity index (χ3n) is 4.15. The number of methoxy groups -OCH3 is 2. The van der Waals surface area contributed by atoms with Crippen molar-refractivity contribution >= 4 is 29.0 Å². The molecule has 102 valence electrons. The first-order valence-corrected chi connectivity index (χ1v) is 6.99. The van der Waals surface area contributed by atoms with E-state index in [1.807, 2.05) is 0 Å². The summed E-state index contributed by atoms with van der Waals surface area (Å²) >= 11 is 12.4. The Morgan fingerprint density at radius 3 is 2.28 bits per heavy atom. The van der Waals surface area contributed by atoms with Crippen LogP contribution in [-0.2, 0) is 14.3 Å². The normalized spacial score (nSPS) is 33.6. The van der Waals surface area contributed by atoms with Crippen molar-refractivity contribution in [2.24, 2.45) is 17.8 Å². The summed E-state index contributed by atoms with van der Waals surface area (Å²) in [5.41, 5.74) is 0. The van der Waals surface area contributed by atoms with Gasteiger partial charge in [-0.1, -0.05) is 43.0 Å². The highest BCUT2D eigenvalue weighted by atomic mass is 35.5. The van der Waals surface area contributed by atoms with E-state index in [2.05, 4.69) is 6.92 Å². The van der Waals surface area contributed by atoms with Crippen molar-refractivity contribution in [1.29, 1.82) is 0 Å². The van der Waals surface area contributed by atoms with Crippen molar-refractivity contribution in [1.82, 2.24) is 0 Å². The zero-order valence-corrected chi connectivity index (χ0v) is 12.3. The molecular formula is C13H18Cl2O3. The van der Waals surface area contributed by atoms with Crippen LogP contribution in [0, 0.1) is 17.8 Å². The molecule has 3 nitrogen and oxygen atoms in total. The first-order valence-electron chi connectivity index (χ1n) is 6.24. The van der Waals surface area contributed by atoms with Gasteiger partial charge in [-0.3, -0.25) is 4.79 Å². The monoisotopic (exact) mass is 292 g/mol. The molecule has 1 saturated carbocycles. The number of ether oxygens (including phenoxy) is 2. The molecule has 2 rings (SSSR count). The molecule has 0 amide bonds. The molecule has 0 radical (unpaired) electrons. The van der Waals surface area contributed by atoms with Crippen LogP contribution in [-0.4, -0.2) is 25.8 Å². The second-order valence-electron chi connectivity index (χ2n) is 4.89. The maximum atomic E-state index is 12.4. The minimum atomic E-state index is -0.996. The highest BCUT2D eigenvalue weighted by Crippen LogP contribution is 2.61. The second-order valence-corrected chi connectivity index (χ2v) is 5.70. The standard InChI is InChI=1S/C13H18Cl2O3/c1-4-5-6-7-8-10(14)11(15)9(12(7)16)13(8,17-2)18-3/h7-9H,4-6H2,1-3H3/t7-,8-,9-/m0/s1. The Labute approximate surface area is 117 Å². The van der Waals surface area contributed by atoms with Gasteiger partial charge in [0.05, 0.1) is 5.92 Å². The molecule has 0 aromatic heterocycles. The fourth-order valence-electron chi connectivity index (χ4n) is 3.28. The molecule has 2 aliphatic carbocycles. The Balaban J connectivity index is 2.39. The van der Waals surface area contributed by atoms with E-state index in [1.165, 1.54) is 0 Å². The third-order valence-corrected chi connectivity index (χ3v) is 5.11. The number of hydrogen-bond donors (Lipinski definition) is 0. The van der Waals surface area contributed by atoms with Crippen molar-refractivity contribution in [3.8, 4) is 0 Å². The van der Waals surface area contributed by atoms with Crippen molar-refractivity contribution in [3.63, 3.8) is 0 Å². The number of fused-ring (bicyclic) bond motifs is 2. The predicted octanol–water partition coefficient (Wildman–Crippen LogP) is 3.30. The van der Waals surface area contributed by atoms with Gasteiger partial charge < -0.3 is 9.47 Å². The number of Topliss-reactive ketones (excluding diaryl/α,β-unsaturated/α-hetero) is 1. The molecular weight excluding hydrogens is 275 g/mol. The molecule has 3 atom stereocenters. The number of ketones is 1. The maximum absolute atomic E-state index is 12.4. The van der Waals surface area contributed by atoms with Crippen LogP contribution in [0.3, 0.4) is 0 Å². The number of carbonyl (C=O) groups is 1. The summed E-state index contributed by atoms with van der Waals surface area (Å²) in [6.45, 7) is 2.10. The Morgan fingerprint density at radius 1 is 1.22 bits per heavy atom. The van der Waals surface area contributed by atoms with Gasteiger partial charge in [-0.05, 0) is 6.42 Å². The van der Waals surface area contributed by atoms with E-state index in [0.717, 1.165) is 19.3 Å². The molecule has 5 heteroatoms. The van der Waals surface area contributed by atoms with Crippen LogP contribution in [0.1, 0.15) is 26.2 Å². The van der Waals surface area contributed by atoms with Gasteiger partial charge >= 0.3 is 0 Å². The van der Waals surface area contributed by atoms with Crippen molar-refractivity contribution in [2.75, 3.05) is 14.2 Å². The number of carbonyl (C=O) groups excluding carboxylic acids is 1. The molecule has 18 heavy (non-hydrogen) atoms. The van der Waals surface area contributed by atoms with Crippen LogP contribution in [0.4, 0.5) is 0 Å². The lowest BCUT2D eigenvalue weighted by Crippen LogP contribution is -2.41. The van der Waals surface area contributed by atoms with Crippen molar-refractivity contribution < 1.29 is 14.3 Å². The SMILES string of the molecule is CCCC[C@@H]1C(=O)[C@@H]2C(Cl)=C(Cl)[C@H]1C2(OC)OC. The predicted molar refractivity (Wildman–Crippen MR) is 70.5 cm³/mol. The van der Waals surface area contributed by atoms with E-state index in [9.17, 15) is 4.79 Å². The van der Waals surface area contributed by atoms with E-state index in [4.69, 9.17) is 32.7 Å². The molecule has 0 aromatic carbocycles. The maximum Gasteiger partial charge on any atom is 0.190 e. The van der Waals surface area contributed by atoms with E-state index in [0.29, 0.717) is 10.1 Å². The first-order chi connectivity index (χ1) is 8.55. The van der Waals surface area contributed by atoms with Gasteiger partial charge in [0.25, 0.3) is 0 Å². The van der Waals surface area contributed by atoms with Crippen molar-refractivity contribution in [3.05, 3.63) is 10.1 Å². The van der Waals surface area contributed by atoms with E-state index in [1.54, 1.807) is 14.2 Å². The van der Waals surface area contributed by atoms with Gasteiger partial charge in [0.15, 0.2) is 11.6 Å². The lowest BCUT2D eigenvalue weighted by molar-refractivity contribution is -0.232. The zero-order chi connectivity index (χ0) is 13.5. The molecule has 0 aliphatic heterocycles. The minimum absolute atomic E-state index is 0.103. The van der Waals surface area contributed by atoms with Gasteiger partial charge in [0, 0.05) is 30.2 Å². The quantitative estimate of drug-likeness (QED) is 0.730. The van der Waals surface area contributed by atoms with Crippen LogP contribution < -0.4 is 0 Å². The van der Waals surface area contributed by atoms with E-state index >= 15 is 0 Å². The largest absolute Gasteiger partial charge is 0.351 e. The van der Waals surface area contributed by atoms with Gasteiger partial charge in [0.2, 0.25) is 0 Å². The van der Waals surface area contributed by atoms with Gasteiger partial charge in [0.1, 0.15) is 5.92 Å². The summed E-state index contributed by atoms with van der Waals surface area (Å²) < 4.78 is 11.0. The molecule has 0 heterocycles. The fraction of sp³-hybridized carbons (Fsp3) is 0.769. The second kappa shape index (κ2) is 5.12. The molecule has 0 saturated heterocycles. The highest BCUT2D eigenvalue weighted by molar-refractivity contribution is 6.42. The summed E-state index contributed by atoms with van der Waals surface area (Å²) in [4.78, 5) is 12.4. The summed E-state index contributed by atoms with van der Waals surface area (Å²) in [6.07, 6.45) is 2.85. The number of hydrogen-bond acceptors (Lipinski definition) is 3. The molecule has 2 aliphatic rings. The Morgan fingerprint density at radius 2 is 1.83 bits per heavy atom. The Kier molecular flexibility index (Phi) is 4.07. The lowest BCUT2D eigenvalue weighted by atomic mass is 9.87. The van der Waals surface area contributed by atoms with Crippen molar-refractivity contribution in [2.45, 2.75) is 32.0 Å². The molecule has 1 fully saturated rings. The molecule has 0 N–H and O–H groups in total. The van der Waals surface area contributed by atoms with Crippen LogP contribution in [0.5, 0.6) is 0 Å². The molecule has 0 aromatic rings. The van der Waals surface area contributed by atoms with Crippen LogP contribution in [0.15, 0.2) is 10.1 Å². The molecule has 0 spiro atoms. The summed E-state index contributed by atoms with van der Waals surface area (Å²) in [5.74, 6) is -1.85. The molecule has 0 unspecified atom stereocenters. The van der Waals surface area contributed by atoms with E-state index in [-0.39, 0.29) is 17.6 Å².